The molecule has 0 amide bonds. The van der Waals surface area contributed by atoms with E-state index in [1.54, 1.807) is 5.57 Å². The average molecular weight is 473 g/mol. The largest absolute Gasteiger partial charge is 0.396 e. The van der Waals surface area contributed by atoms with Crippen molar-refractivity contribution in [3.63, 3.8) is 0 Å². The van der Waals surface area contributed by atoms with Crippen LogP contribution in [0.2, 0.25) is 0 Å². The molecule has 5 aliphatic rings. The normalized spacial score (nSPS) is 54.6. The fraction of sp³-hybridized carbons (Fsp3) is 0.935. The Morgan fingerprint density at radius 2 is 1.56 bits per heavy atom. The van der Waals surface area contributed by atoms with E-state index in [2.05, 4.69) is 47.6 Å². The number of hydrogen-bond donors (Lipinski definition) is 2. The minimum atomic E-state index is -0.380. The van der Waals surface area contributed by atoms with E-state index in [0.29, 0.717) is 28.8 Å². The van der Waals surface area contributed by atoms with Gasteiger partial charge < -0.3 is 14.9 Å². The van der Waals surface area contributed by atoms with Crippen LogP contribution in [0.25, 0.3) is 0 Å². The van der Waals surface area contributed by atoms with Crippen molar-refractivity contribution < 1.29 is 14.9 Å². The highest BCUT2D eigenvalue weighted by Crippen LogP contribution is 2.70. The number of aliphatic hydroxyl groups is 2. The molecule has 5 rings (SSSR count). The van der Waals surface area contributed by atoms with E-state index in [1.165, 1.54) is 44.9 Å². The van der Waals surface area contributed by atoms with Crippen molar-refractivity contribution in [3.05, 3.63) is 11.6 Å². The van der Waals surface area contributed by atoms with Crippen LogP contribution in [-0.2, 0) is 4.74 Å². The first-order valence-corrected chi connectivity index (χ1v) is 14.4. The SMILES string of the molecule is CO[C@H]1CC[C@@]2(C)[C@H](CC[C@@]3(C)CC4=CC[C@@H]5[C@](C)(CC[C@@H](O)[C@]5(C)CO)[C@H]4CC[C@H]32)C1(C)C. The zero-order valence-electron chi connectivity index (χ0n) is 23.1. The lowest BCUT2D eigenvalue weighted by Gasteiger charge is -2.64. The number of allylic oxidation sites excluding steroid dienone is 2. The van der Waals surface area contributed by atoms with Gasteiger partial charge in [0.1, 0.15) is 0 Å². The summed E-state index contributed by atoms with van der Waals surface area (Å²) in [5, 5.41) is 21.3. The highest BCUT2D eigenvalue weighted by atomic mass is 16.5. The maximum absolute atomic E-state index is 10.9. The summed E-state index contributed by atoms with van der Waals surface area (Å²) in [7, 11) is 1.92. The standard InChI is InChI=1S/C31H52O3/c1-27(2)22-12-15-28(3)18-20-8-10-24-29(4,16-13-25(33)31(24,6)19-32)21(20)9-11-23(28)30(22,5)17-14-26(27)34-7/h8,21-26,32-33H,9-19H2,1-7H3/t21-,22+,23+,24+,25+,26-,28-,29+,30-,31+/m0/s1. The third kappa shape index (κ3) is 3.24. The van der Waals surface area contributed by atoms with Gasteiger partial charge in [-0.2, -0.15) is 0 Å². The summed E-state index contributed by atoms with van der Waals surface area (Å²) in [6.45, 7) is 15.0. The van der Waals surface area contributed by atoms with E-state index < -0.39 is 0 Å². The second kappa shape index (κ2) is 8.06. The van der Waals surface area contributed by atoms with Gasteiger partial charge in [-0.25, -0.2) is 0 Å². The molecule has 5 aliphatic carbocycles. The Morgan fingerprint density at radius 1 is 0.853 bits per heavy atom. The number of fused-ring (bicyclic) bond motifs is 6. The highest BCUT2D eigenvalue weighted by molar-refractivity contribution is 5.25. The maximum atomic E-state index is 10.9. The molecule has 10 atom stereocenters. The minimum Gasteiger partial charge on any atom is -0.396 e. The summed E-state index contributed by atoms with van der Waals surface area (Å²) in [6.07, 6.45) is 14.6. The highest BCUT2D eigenvalue weighted by Gasteiger charge is 2.63. The van der Waals surface area contributed by atoms with E-state index in [-0.39, 0.29) is 29.0 Å². The summed E-state index contributed by atoms with van der Waals surface area (Å²) < 4.78 is 6.02. The van der Waals surface area contributed by atoms with Crippen LogP contribution in [0.5, 0.6) is 0 Å². The van der Waals surface area contributed by atoms with Crippen LogP contribution < -0.4 is 0 Å². The van der Waals surface area contributed by atoms with Crippen molar-refractivity contribution >= 4 is 0 Å². The number of aliphatic hydroxyl groups excluding tert-OH is 2. The van der Waals surface area contributed by atoms with E-state index in [4.69, 9.17) is 4.74 Å². The minimum absolute atomic E-state index is 0.0974. The van der Waals surface area contributed by atoms with Gasteiger partial charge in [0.05, 0.1) is 18.8 Å². The van der Waals surface area contributed by atoms with Crippen LogP contribution in [-0.4, -0.2) is 36.1 Å². The van der Waals surface area contributed by atoms with Crippen molar-refractivity contribution in [2.24, 2.45) is 50.7 Å². The predicted octanol–water partition coefficient (Wildman–Crippen LogP) is 6.77. The van der Waals surface area contributed by atoms with Gasteiger partial charge in [-0.1, -0.05) is 53.2 Å². The topological polar surface area (TPSA) is 49.7 Å². The Morgan fingerprint density at radius 3 is 2.24 bits per heavy atom. The molecule has 0 aromatic rings. The first kappa shape index (κ1) is 25.3. The molecular weight excluding hydrogens is 420 g/mol. The van der Waals surface area contributed by atoms with Crippen molar-refractivity contribution in [1.82, 2.24) is 0 Å². The molecule has 0 aromatic carbocycles. The lowest BCUT2D eigenvalue weighted by atomic mass is 9.42. The molecule has 0 heterocycles. The molecule has 0 radical (unpaired) electrons. The van der Waals surface area contributed by atoms with Crippen LogP contribution in [0.3, 0.4) is 0 Å². The second-order valence-corrected chi connectivity index (χ2v) is 15.0. The molecule has 0 saturated heterocycles. The summed E-state index contributed by atoms with van der Waals surface area (Å²) in [5.41, 5.74) is 2.56. The summed E-state index contributed by atoms with van der Waals surface area (Å²) in [5.74, 6) is 2.48. The Hall–Kier alpha value is -0.380. The van der Waals surface area contributed by atoms with Crippen LogP contribution in [0, 0.1) is 50.7 Å². The van der Waals surface area contributed by atoms with Crippen molar-refractivity contribution in [1.29, 1.82) is 0 Å². The molecule has 4 saturated carbocycles. The second-order valence-electron chi connectivity index (χ2n) is 15.0. The Kier molecular flexibility index (Phi) is 5.99. The predicted molar refractivity (Wildman–Crippen MR) is 138 cm³/mol. The van der Waals surface area contributed by atoms with Crippen LogP contribution in [0.15, 0.2) is 11.6 Å². The van der Waals surface area contributed by atoms with E-state index in [0.717, 1.165) is 31.1 Å². The Bertz CT molecular complexity index is 833. The lowest BCUT2D eigenvalue weighted by Crippen LogP contribution is -2.58. The van der Waals surface area contributed by atoms with Crippen LogP contribution in [0.4, 0.5) is 0 Å². The lowest BCUT2D eigenvalue weighted by molar-refractivity contribution is -0.178. The molecule has 4 fully saturated rings. The monoisotopic (exact) mass is 472 g/mol. The zero-order chi connectivity index (χ0) is 24.7. The molecule has 34 heavy (non-hydrogen) atoms. The summed E-state index contributed by atoms with van der Waals surface area (Å²) >= 11 is 0. The third-order valence-corrected chi connectivity index (χ3v) is 13.3. The van der Waals surface area contributed by atoms with Gasteiger partial charge in [0.25, 0.3) is 0 Å². The Labute approximate surface area is 209 Å². The zero-order valence-corrected chi connectivity index (χ0v) is 23.1. The maximum Gasteiger partial charge on any atom is 0.0625 e. The fourth-order valence-electron chi connectivity index (χ4n) is 11.4. The molecule has 3 heteroatoms. The molecule has 0 spiro atoms. The molecule has 2 N–H and O–H groups in total. The molecular formula is C31H52O3. The smallest absolute Gasteiger partial charge is 0.0625 e. The molecule has 0 bridgehead atoms. The van der Waals surface area contributed by atoms with Crippen molar-refractivity contribution in [2.45, 2.75) is 118 Å². The summed E-state index contributed by atoms with van der Waals surface area (Å²) in [4.78, 5) is 0. The van der Waals surface area contributed by atoms with Gasteiger partial charge in [-0.05, 0) is 110 Å². The van der Waals surface area contributed by atoms with Gasteiger partial charge in [-0.3, -0.25) is 0 Å². The molecule has 3 nitrogen and oxygen atoms in total. The fourth-order valence-corrected chi connectivity index (χ4v) is 11.4. The van der Waals surface area contributed by atoms with Crippen LogP contribution >= 0.6 is 0 Å². The molecule has 0 unspecified atom stereocenters. The summed E-state index contributed by atoms with van der Waals surface area (Å²) in [6, 6.07) is 0. The van der Waals surface area contributed by atoms with Gasteiger partial charge in [0.15, 0.2) is 0 Å². The van der Waals surface area contributed by atoms with Crippen molar-refractivity contribution in [3.8, 4) is 0 Å². The van der Waals surface area contributed by atoms with Gasteiger partial charge in [-0.15, -0.1) is 0 Å². The van der Waals surface area contributed by atoms with Gasteiger partial charge in [0.2, 0.25) is 0 Å². The Balaban J connectivity index is 1.49. The number of methoxy groups -OCH3 is 1. The quantitative estimate of drug-likeness (QED) is 0.436. The third-order valence-electron chi connectivity index (χ3n) is 13.3. The number of rotatable bonds is 2. The first-order valence-electron chi connectivity index (χ1n) is 14.4. The van der Waals surface area contributed by atoms with E-state index in [1.807, 2.05) is 7.11 Å². The van der Waals surface area contributed by atoms with E-state index >= 15 is 0 Å². The molecule has 194 valence electrons. The first-order chi connectivity index (χ1) is 15.9. The van der Waals surface area contributed by atoms with Crippen LogP contribution in [0.1, 0.15) is 106 Å². The van der Waals surface area contributed by atoms with E-state index in [9.17, 15) is 10.2 Å². The average Bonchev–Trinajstić information content (AvgIpc) is 2.93. The van der Waals surface area contributed by atoms with Gasteiger partial charge in [0, 0.05) is 12.5 Å². The molecule has 0 aromatic heterocycles. The van der Waals surface area contributed by atoms with Gasteiger partial charge >= 0.3 is 0 Å². The number of hydrogen-bond acceptors (Lipinski definition) is 3. The van der Waals surface area contributed by atoms with Crippen molar-refractivity contribution in [2.75, 3.05) is 13.7 Å². The molecule has 0 aliphatic heterocycles. The number of ether oxygens (including phenoxy) is 1.